The highest BCUT2D eigenvalue weighted by molar-refractivity contribution is 5.90. The first-order valence-electron chi connectivity index (χ1n) is 7.33. The van der Waals surface area contributed by atoms with E-state index in [1.54, 1.807) is 0 Å². The molecule has 0 aliphatic carbocycles. The Morgan fingerprint density at radius 3 is 2.81 bits per heavy atom. The summed E-state index contributed by atoms with van der Waals surface area (Å²) in [5.74, 6) is -0.413. The SMILES string of the molecule is Cc1cccc(NC(=O)CCCN2CC(CC(=O)O)C2)c1. The topological polar surface area (TPSA) is 69.6 Å². The number of rotatable bonds is 7. The molecule has 1 aliphatic heterocycles. The van der Waals surface area contributed by atoms with Crippen LogP contribution in [0.4, 0.5) is 5.69 Å². The van der Waals surface area contributed by atoms with Crippen LogP contribution in [-0.4, -0.2) is 41.5 Å². The fourth-order valence-electron chi connectivity index (χ4n) is 2.64. The first-order chi connectivity index (χ1) is 10.0. The van der Waals surface area contributed by atoms with Gasteiger partial charge in [-0.25, -0.2) is 0 Å². The van der Waals surface area contributed by atoms with E-state index in [1.165, 1.54) is 0 Å². The van der Waals surface area contributed by atoms with E-state index in [9.17, 15) is 9.59 Å². The minimum Gasteiger partial charge on any atom is -0.481 e. The van der Waals surface area contributed by atoms with Crippen LogP contribution in [0.1, 0.15) is 24.8 Å². The third-order valence-electron chi connectivity index (χ3n) is 3.68. The van der Waals surface area contributed by atoms with Crippen LogP contribution < -0.4 is 5.32 Å². The van der Waals surface area contributed by atoms with Gasteiger partial charge in [0, 0.05) is 25.2 Å². The molecule has 5 nitrogen and oxygen atoms in total. The molecule has 0 saturated carbocycles. The average Bonchev–Trinajstić information content (AvgIpc) is 2.35. The van der Waals surface area contributed by atoms with Crippen LogP contribution >= 0.6 is 0 Å². The predicted octanol–water partition coefficient (Wildman–Crippen LogP) is 2.12. The maximum atomic E-state index is 11.8. The monoisotopic (exact) mass is 290 g/mol. The number of carboxylic acids is 1. The number of nitrogens with one attached hydrogen (secondary N) is 1. The van der Waals surface area contributed by atoms with E-state index in [2.05, 4.69) is 10.2 Å². The Balaban J connectivity index is 1.59. The third kappa shape index (κ3) is 5.19. The van der Waals surface area contributed by atoms with E-state index in [4.69, 9.17) is 5.11 Å². The Kier molecular flexibility index (Phi) is 5.33. The highest BCUT2D eigenvalue weighted by Gasteiger charge is 2.27. The maximum absolute atomic E-state index is 11.8. The molecule has 0 spiro atoms. The minimum atomic E-state index is -0.725. The lowest BCUT2D eigenvalue weighted by Gasteiger charge is -2.38. The predicted molar refractivity (Wildman–Crippen MR) is 81.2 cm³/mol. The third-order valence-corrected chi connectivity index (χ3v) is 3.68. The number of likely N-dealkylation sites (tertiary alicyclic amines) is 1. The van der Waals surface area contributed by atoms with Crippen LogP contribution in [0.5, 0.6) is 0 Å². The summed E-state index contributed by atoms with van der Waals surface area (Å²) >= 11 is 0. The molecule has 1 aliphatic rings. The fraction of sp³-hybridized carbons (Fsp3) is 0.500. The highest BCUT2D eigenvalue weighted by Crippen LogP contribution is 2.19. The highest BCUT2D eigenvalue weighted by atomic mass is 16.4. The normalized spacial score (nSPS) is 15.5. The summed E-state index contributed by atoms with van der Waals surface area (Å²) in [6, 6.07) is 7.75. The number of amides is 1. The number of aryl methyl sites for hydroxylation is 1. The molecule has 0 bridgehead atoms. The molecule has 1 aromatic carbocycles. The Morgan fingerprint density at radius 1 is 1.38 bits per heavy atom. The summed E-state index contributed by atoms with van der Waals surface area (Å²) in [5.41, 5.74) is 1.96. The number of benzene rings is 1. The van der Waals surface area contributed by atoms with Gasteiger partial charge < -0.3 is 15.3 Å². The number of nitrogens with zero attached hydrogens (tertiary/aromatic N) is 1. The fourth-order valence-corrected chi connectivity index (χ4v) is 2.64. The molecule has 0 unspecified atom stereocenters. The van der Waals surface area contributed by atoms with Crippen molar-refractivity contribution in [3.8, 4) is 0 Å². The van der Waals surface area contributed by atoms with E-state index >= 15 is 0 Å². The molecule has 1 fully saturated rings. The lowest BCUT2D eigenvalue weighted by molar-refractivity contribution is -0.139. The standard InChI is InChI=1S/C16H22N2O3/c1-12-4-2-5-14(8-12)17-15(19)6-3-7-18-10-13(11-18)9-16(20)21/h2,4-5,8,13H,3,6-7,9-11H2,1H3,(H,17,19)(H,20,21). The van der Waals surface area contributed by atoms with Gasteiger partial charge >= 0.3 is 5.97 Å². The van der Waals surface area contributed by atoms with Crippen LogP contribution in [0, 0.1) is 12.8 Å². The van der Waals surface area contributed by atoms with Crippen molar-refractivity contribution >= 4 is 17.6 Å². The second-order valence-corrected chi connectivity index (χ2v) is 5.74. The summed E-state index contributed by atoms with van der Waals surface area (Å²) in [6.45, 7) is 4.53. The summed E-state index contributed by atoms with van der Waals surface area (Å²) in [4.78, 5) is 24.6. The van der Waals surface area contributed by atoms with E-state index in [1.807, 2.05) is 31.2 Å². The number of anilines is 1. The van der Waals surface area contributed by atoms with E-state index in [0.717, 1.165) is 37.3 Å². The molecule has 0 radical (unpaired) electrons. The molecule has 21 heavy (non-hydrogen) atoms. The largest absolute Gasteiger partial charge is 0.481 e. The zero-order valence-electron chi connectivity index (χ0n) is 12.3. The van der Waals surface area contributed by atoms with Crippen molar-refractivity contribution in [1.82, 2.24) is 4.90 Å². The van der Waals surface area contributed by atoms with Crippen molar-refractivity contribution in [1.29, 1.82) is 0 Å². The molecule has 2 N–H and O–H groups in total. The lowest BCUT2D eigenvalue weighted by atomic mass is 9.96. The van der Waals surface area contributed by atoms with Crippen molar-refractivity contribution in [3.63, 3.8) is 0 Å². The van der Waals surface area contributed by atoms with Gasteiger partial charge in [-0.1, -0.05) is 12.1 Å². The van der Waals surface area contributed by atoms with Gasteiger partial charge in [0.1, 0.15) is 0 Å². The van der Waals surface area contributed by atoms with Gasteiger partial charge in [0.25, 0.3) is 0 Å². The molecule has 1 aromatic rings. The number of hydrogen-bond donors (Lipinski definition) is 2. The molecule has 1 saturated heterocycles. The summed E-state index contributed by atoms with van der Waals surface area (Å²) in [7, 11) is 0. The molecule has 1 amide bonds. The molecular formula is C16H22N2O3. The van der Waals surface area contributed by atoms with Crippen molar-refractivity contribution in [2.24, 2.45) is 5.92 Å². The van der Waals surface area contributed by atoms with E-state index < -0.39 is 5.97 Å². The second kappa shape index (κ2) is 7.22. The average molecular weight is 290 g/mol. The molecule has 0 atom stereocenters. The van der Waals surface area contributed by atoms with E-state index in [0.29, 0.717) is 6.42 Å². The number of aliphatic carboxylic acids is 1. The number of carbonyl (C=O) groups is 2. The van der Waals surface area contributed by atoms with Crippen LogP contribution in [0.2, 0.25) is 0 Å². The van der Waals surface area contributed by atoms with Gasteiger partial charge in [0.05, 0.1) is 6.42 Å². The van der Waals surface area contributed by atoms with Gasteiger partial charge in [-0.15, -0.1) is 0 Å². The molecule has 114 valence electrons. The van der Waals surface area contributed by atoms with Gasteiger partial charge in [-0.05, 0) is 43.5 Å². The molecular weight excluding hydrogens is 268 g/mol. The number of carboxylic acid groups (broad SMARTS) is 1. The Bertz CT molecular complexity index is 510. The van der Waals surface area contributed by atoms with Crippen LogP contribution in [0.15, 0.2) is 24.3 Å². The molecule has 0 aromatic heterocycles. The first-order valence-corrected chi connectivity index (χ1v) is 7.33. The number of carbonyl (C=O) groups excluding carboxylic acids is 1. The Hall–Kier alpha value is -1.88. The first kappa shape index (κ1) is 15.5. The second-order valence-electron chi connectivity index (χ2n) is 5.74. The van der Waals surface area contributed by atoms with Gasteiger partial charge in [-0.3, -0.25) is 9.59 Å². The van der Waals surface area contributed by atoms with Crippen LogP contribution in [0.3, 0.4) is 0 Å². The van der Waals surface area contributed by atoms with Crippen molar-refractivity contribution in [2.75, 3.05) is 25.0 Å². The van der Waals surface area contributed by atoms with Crippen molar-refractivity contribution in [3.05, 3.63) is 29.8 Å². The molecule has 5 heteroatoms. The molecule has 1 heterocycles. The smallest absolute Gasteiger partial charge is 0.303 e. The van der Waals surface area contributed by atoms with Crippen LogP contribution in [0.25, 0.3) is 0 Å². The zero-order valence-corrected chi connectivity index (χ0v) is 12.3. The summed E-state index contributed by atoms with van der Waals surface area (Å²) < 4.78 is 0. The zero-order chi connectivity index (χ0) is 15.2. The number of hydrogen-bond acceptors (Lipinski definition) is 3. The Morgan fingerprint density at radius 2 is 2.14 bits per heavy atom. The van der Waals surface area contributed by atoms with Gasteiger partial charge in [0.15, 0.2) is 0 Å². The maximum Gasteiger partial charge on any atom is 0.303 e. The van der Waals surface area contributed by atoms with Crippen molar-refractivity contribution in [2.45, 2.75) is 26.2 Å². The Labute approximate surface area is 125 Å². The summed E-state index contributed by atoms with van der Waals surface area (Å²) in [5, 5.41) is 11.6. The molecule has 2 rings (SSSR count). The lowest BCUT2D eigenvalue weighted by Crippen LogP contribution is -2.47. The van der Waals surface area contributed by atoms with Crippen molar-refractivity contribution < 1.29 is 14.7 Å². The van der Waals surface area contributed by atoms with Gasteiger partial charge in [-0.2, -0.15) is 0 Å². The minimum absolute atomic E-state index is 0.0307. The quantitative estimate of drug-likeness (QED) is 0.807. The van der Waals surface area contributed by atoms with Gasteiger partial charge in [0.2, 0.25) is 5.91 Å². The summed E-state index contributed by atoms with van der Waals surface area (Å²) in [6.07, 6.45) is 1.55. The van der Waals surface area contributed by atoms with Crippen LogP contribution in [-0.2, 0) is 9.59 Å². The van der Waals surface area contributed by atoms with E-state index in [-0.39, 0.29) is 18.2 Å².